The van der Waals surface area contributed by atoms with Gasteiger partial charge in [-0.3, -0.25) is 9.59 Å². The first-order chi connectivity index (χ1) is 11.4. The number of carbonyl (C=O) groups excluding carboxylic acids is 1. The van der Waals surface area contributed by atoms with Gasteiger partial charge in [-0.2, -0.15) is 0 Å². The lowest BCUT2D eigenvalue weighted by Gasteiger charge is -2.35. The maximum Gasteiger partial charge on any atom is 0.306 e. The number of piperidine rings is 1. The molecule has 132 valence electrons. The van der Waals surface area contributed by atoms with E-state index in [0.29, 0.717) is 42.3 Å². The van der Waals surface area contributed by atoms with E-state index in [1.807, 2.05) is 6.92 Å². The first-order valence-electron chi connectivity index (χ1n) is 7.75. The zero-order chi connectivity index (χ0) is 17.9. The van der Waals surface area contributed by atoms with Gasteiger partial charge in [-0.1, -0.05) is 6.92 Å². The Hall–Kier alpha value is -2.44. The van der Waals surface area contributed by atoms with Crippen LogP contribution in [-0.2, 0) is 4.79 Å². The molecule has 7 nitrogen and oxygen atoms in total. The zero-order valence-electron chi connectivity index (χ0n) is 14.4. The Morgan fingerprint density at radius 1 is 1.08 bits per heavy atom. The van der Waals surface area contributed by atoms with Gasteiger partial charge in [-0.05, 0) is 12.3 Å². The van der Waals surface area contributed by atoms with E-state index in [-0.39, 0.29) is 11.8 Å². The summed E-state index contributed by atoms with van der Waals surface area (Å²) in [6, 6.07) is 3.20. The minimum absolute atomic E-state index is 0.105. The Kier molecular flexibility index (Phi) is 5.54. The summed E-state index contributed by atoms with van der Waals surface area (Å²) in [5, 5.41) is 9.20. The Bertz CT molecular complexity index is 630. The molecule has 1 aliphatic heterocycles. The van der Waals surface area contributed by atoms with E-state index in [0.717, 1.165) is 0 Å². The number of hydrogen-bond acceptors (Lipinski definition) is 5. The molecule has 1 N–H and O–H groups in total. The number of ether oxygens (including phenoxy) is 3. The van der Waals surface area contributed by atoms with Gasteiger partial charge >= 0.3 is 5.97 Å². The van der Waals surface area contributed by atoms with E-state index in [4.69, 9.17) is 14.2 Å². The topological polar surface area (TPSA) is 85.3 Å². The van der Waals surface area contributed by atoms with E-state index < -0.39 is 11.9 Å². The van der Waals surface area contributed by atoms with Gasteiger partial charge in [0.25, 0.3) is 5.91 Å². The van der Waals surface area contributed by atoms with Crippen LogP contribution in [-0.4, -0.2) is 56.3 Å². The average molecular weight is 337 g/mol. The van der Waals surface area contributed by atoms with Crippen molar-refractivity contribution in [3.8, 4) is 17.2 Å². The highest BCUT2D eigenvalue weighted by Crippen LogP contribution is 2.36. The van der Waals surface area contributed by atoms with Gasteiger partial charge in [-0.15, -0.1) is 0 Å². The van der Waals surface area contributed by atoms with Crippen LogP contribution in [0.15, 0.2) is 12.1 Å². The number of carbonyl (C=O) groups is 2. The lowest BCUT2D eigenvalue weighted by atomic mass is 9.87. The van der Waals surface area contributed by atoms with Crippen molar-refractivity contribution < 1.29 is 28.9 Å². The van der Waals surface area contributed by atoms with Crippen LogP contribution in [0, 0.1) is 11.8 Å². The SMILES string of the molecule is COc1cc(OC)c(C(=O)N2CCC(C(=O)O)C(C)C2)cc1OC. The van der Waals surface area contributed by atoms with Crippen molar-refractivity contribution in [1.29, 1.82) is 0 Å². The molecule has 2 unspecified atom stereocenters. The molecular weight excluding hydrogens is 314 g/mol. The Balaban J connectivity index is 2.28. The number of aliphatic carboxylic acids is 1. The second-order valence-corrected chi connectivity index (χ2v) is 5.87. The molecule has 1 aromatic carbocycles. The number of likely N-dealkylation sites (tertiary alicyclic amines) is 1. The predicted molar refractivity (Wildman–Crippen MR) is 86.9 cm³/mol. The van der Waals surface area contributed by atoms with Crippen molar-refractivity contribution in [3.05, 3.63) is 17.7 Å². The fraction of sp³-hybridized carbons (Fsp3) is 0.529. The number of nitrogens with zero attached hydrogens (tertiary/aromatic N) is 1. The molecule has 1 heterocycles. The lowest BCUT2D eigenvalue weighted by Crippen LogP contribution is -2.45. The van der Waals surface area contributed by atoms with Crippen molar-refractivity contribution >= 4 is 11.9 Å². The molecule has 1 saturated heterocycles. The maximum atomic E-state index is 12.9. The van der Waals surface area contributed by atoms with Crippen LogP contribution >= 0.6 is 0 Å². The van der Waals surface area contributed by atoms with Crippen LogP contribution < -0.4 is 14.2 Å². The quantitative estimate of drug-likeness (QED) is 0.883. The van der Waals surface area contributed by atoms with Crippen LogP contribution in [0.4, 0.5) is 0 Å². The minimum atomic E-state index is -0.807. The standard InChI is InChI=1S/C17H23NO6/c1-10-9-18(6-5-11(10)17(20)21)16(19)12-7-14(23-3)15(24-4)8-13(12)22-2/h7-8,10-11H,5-6,9H2,1-4H3,(H,20,21). The van der Waals surface area contributed by atoms with E-state index in [1.165, 1.54) is 21.3 Å². The maximum absolute atomic E-state index is 12.9. The van der Waals surface area contributed by atoms with Gasteiger partial charge in [0.05, 0.1) is 32.8 Å². The van der Waals surface area contributed by atoms with Crippen molar-refractivity contribution in [2.24, 2.45) is 11.8 Å². The summed E-state index contributed by atoms with van der Waals surface area (Å²) in [5.74, 6) is -0.223. The number of hydrogen-bond donors (Lipinski definition) is 1. The smallest absolute Gasteiger partial charge is 0.306 e. The van der Waals surface area contributed by atoms with Crippen LogP contribution in [0.5, 0.6) is 17.2 Å². The number of methoxy groups -OCH3 is 3. The highest BCUT2D eigenvalue weighted by atomic mass is 16.5. The molecule has 0 aromatic heterocycles. The largest absolute Gasteiger partial charge is 0.496 e. The van der Waals surface area contributed by atoms with E-state index in [1.54, 1.807) is 17.0 Å². The monoisotopic (exact) mass is 337 g/mol. The average Bonchev–Trinajstić information content (AvgIpc) is 2.59. The molecule has 0 saturated carbocycles. The highest BCUT2D eigenvalue weighted by molar-refractivity contribution is 5.98. The molecule has 1 aromatic rings. The van der Waals surface area contributed by atoms with E-state index in [9.17, 15) is 14.7 Å². The first-order valence-corrected chi connectivity index (χ1v) is 7.75. The number of rotatable bonds is 5. The van der Waals surface area contributed by atoms with Crippen molar-refractivity contribution in [2.45, 2.75) is 13.3 Å². The summed E-state index contributed by atoms with van der Waals surface area (Å²) < 4.78 is 15.8. The van der Waals surface area contributed by atoms with Gasteiger partial charge in [-0.25, -0.2) is 0 Å². The third-order valence-corrected chi connectivity index (χ3v) is 4.45. The molecule has 1 amide bonds. The highest BCUT2D eigenvalue weighted by Gasteiger charge is 2.34. The molecule has 2 atom stereocenters. The third-order valence-electron chi connectivity index (χ3n) is 4.45. The molecule has 0 aliphatic carbocycles. The molecule has 24 heavy (non-hydrogen) atoms. The Labute approximate surface area is 141 Å². The van der Waals surface area contributed by atoms with Gasteiger partial charge in [0.2, 0.25) is 0 Å². The van der Waals surface area contributed by atoms with E-state index in [2.05, 4.69) is 0 Å². The summed E-state index contributed by atoms with van der Waals surface area (Å²) >= 11 is 0. The van der Waals surface area contributed by atoms with E-state index >= 15 is 0 Å². The Morgan fingerprint density at radius 2 is 1.67 bits per heavy atom. The van der Waals surface area contributed by atoms with Crippen molar-refractivity contribution in [3.63, 3.8) is 0 Å². The fourth-order valence-electron chi connectivity index (χ4n) is 3.06. The normalized spacial score (nSPS) is 20.4. The molecule has 7 heteroatoms. The lowest BCUT2D eigenvalue weighted by molar-refractivity contribution is -0.145. The van der Waals surface area contributed by atoms with Gasteiger partial charge in [0.15, 0.2) is 11.5 Å². The predicted octanol–water partition coefficient (Wildman–Crippen LogP) is 1.90. The summed E-state index contributed by atoms with van der Waals surface area (Å²) in [7, 11) is 4.49. The number of carboxylic acids is 1. The van der Waals surface area contributed by atoms with Gasteiger partial charge in [0, 0.05) is 25.2 Å². The summed E-state index contributed by atoms with van der Waals surface area (Å²) in [6.07, 6.45) is 0.442. The number of carboxylic acid groups (broad SMARTS) is 1. The van der Waals surface area contributed by atoms with Crippen LogP contribution in [0.1, 0.15) is 23.7 Å². The molecule has 1 aliphatic rings. The zero-order valence-corrected chi connectivity index (χ0v) is 14.4. The fourth-order valence-corrected chi connectivity index (χ4v) is 3.06. The second kappa shape index (κ2) is 7.42. The molecule has 1 fully saturated rings. The van der Waals surface area contributed by atoms with Gasteiger partial charge in [0.1, 0.15) is 5.75 Å². The molecule has 2 rings (SSSR count). The van der Waals surface area contributed by atoms with Crippen LogP contribution in [0.3, 0.4) is 0 Å². The summed E-state index contributed by atoms with van der Waals surface area (Å²) in [4.78, 5) is 25.7. The third kappa shape index (κ3) is 3.39. The minimum Gasteiger partial charge on any atom is -0.496 e. The summed E-state index contributed by atoms with van der Waals surface area (Å²) in [5.41, 5.74) is 0.371. The van der Waals surface area contributed by atoms with Crippen LogP contribution in [0.2, 0.25) is 0 Å². The number of benzene rings is 1. The second-order valence-electron chi connectivity index (χ2n) is 5.87. The van der Waals surface area contributed by atoms with Crippen molar-refractivity contribution in [1.82, 2.24) is 4.90 Å². The number of amides is 1. The first kappa shape index (κ1) is 17.9. The summed E-state index contributed by atoms with van der Waals surface area (Å²) in [6.45, 7) is 2.65. The molecule has 0 bridgehead atoms. The van der Waals surface area contributed by atoms with Crippen LogP contribution in [0.25, 0.3) is 0 Å². The van der Waals surface area contributed by atoms with Crippen molar-refractivity contribution in [2.75, 3.05) is 34.4 Å². The molecule has 0 radical (unpaired) electrons. The van der Waals surface area contributed by atoms with Gasteiger partial charge < -0.3 is 24.2 Å². The Morgan fingerprint density at radius 3 is 2.17 bits per heavy atom. The molecular formula is C17H23NO6. The molecule has 0 spiro atoms.